The smallest absolute Gasteiger partial charge is 0.259 e. The van der Waals surface area contributed by atoms with Crippen molar-refractivity contribution in [3.8, 4) is 17.2 Å². The van der Waals surface area contributed by atoms with Gasteiger partial charge in [0.15, 0.2) is 5.58 Å². The van der Waals surface area contributed by atoms with Gasteiger partial charge < -0.3 is 14.5 Å². The first-order chi connectivity index (χ1) is 13.1. The number of hydrogen-bond donors (Lipinski definition) is 1. The number of aromatic nitrogens is 2. The molecule has 0 aliphatic heterocycles. The van der Waals surface area contributed by atoms with Gasteiger partial charge in [0.1, 0.15) is 11.3 Å². The molecule has 2 heterocycles. The summed E-state index contributed by atoms with van der Waals surface area (Å²) in [4.78, 5) is 21.1. The van der Waals surface area contributed by atoms with Crippen LogP contribution in [0.3, 0.4) is 0 Å². The Morgan fingerprint density at radius 3 is 2.70 bits per heavy atom. The van der Waals surface area contributed by atoms with Crippen molar-refractivity contribution < 1.29 is 13.9 Å². The molecule has 0 aliphatic rings. The van der Waals surface area contributed by atoms with Gasteiger partial charge in [-0.15, -0.1) is 0 Å². The van der Waals surface area contributed by atoms with E-state index < -0.39 is 0 Å². The van der Waals surface area contributed by atoms with E-state index in [2.05, 4.69) is 15.3 Å². The number of carbonyl (C=O) groups is 1. The van der Waals surface area contributed by atoms with E-state index in [4.69, 9.17) is 20.8 Å². The van der Waals surface area contributed by atoms with E-state index in [0.29, 0.717) is 39.0 Å². The molecule has 4 aromatic rings. The van der Waals surface area contributed by atoms with Crippen molar-refractivity contribution >= 4 is 34.3 Å². The third-order valence-corrected chi connectivity index (χ3v) is 4.21. The largest absolute Gasteiger partial charge is 0.496 e. The predicted octanol–water partition coefficient (Wildman–Crippen LogP) is 4.80. The van der Waals surface area contributed by atoms with Crippen LogP contribution in [0, 0.1) is 0 Å². The van der Waals surface area contributed by atoms with Crippen molar-refractivity contribution in [2.45, 2.75) is 0 Å². The second kappa shape index (κ2) is 7.09. The Labute approximate surface area is 159 Å². The van der Waals surface area contributed by atoms with E-state index in [0.717, 1.165) is 5.56 Å². The standard InChI is InChI=1S/C20H14ClN3O3/c1-26-17-4-2-13(21)10-15(17)19(25)23-14-3-5-18-16(11-14)24-20(27-18)12-6-8-22-9-7-12/h2-11H,1H3,(H,23,25). The summed E-state index contributed by atoms with van der Waals surface area (Å²) in [5, 5.41) is 3.29. The van der Waals surface area contributed by atoms with Gasteiger partial charge in [0.05, 0.1) is 12.7 Å². The molecular formula is C20H14ClN3O3. The number of nitrogens with zero attached hydrogens (tertiary/aromatic N) is 2. The van der Waals surface area contributed by atoms with E-state index >= 15 is 0 Å². The second-order valence-electron chi connectivity index (χ2n) is 5.74. The molecule has 1 N–H and O–H groups in total. The summed E-state index contributed by atoms with van der Waals surface area (Å²) in [5.41, 5.74) is 3.03. The van der Waals surface area contributed by atoms with Crippen LogP contribution in [0.5, 0.6) is 5.75 Å². The first-order valence-electron chi connectivity index (χ1n) is 8.10. The Kier molecular flexibility index (Phi) is 4.48. The van der Waals surface area contributed by atoms with E-state index in [1.54, 1.807) is 48.8 Å². The molecule has 4 rings (SSSR count). The van der Waals surface area contributed by atoms with Gasteiger partial charge in [-0.25, -0.2) is 4.98 Å². The van der Waals surface area contributed by atoms with Crippen LogP contribution in [-0.2, 0) is 0 Å². The molecule has 0 radical (unpaired) electrons. The van der Waals surface area contributed by atoms with Crippen LogP contribution in [0.4, 0.5) is 5.69 Å². The highest BCUT2D eigenvalue weighted by Gasteiger charge is 2.14. The summed E-state index contributed by atoms with van der Waals surface area (Å²) in [7, 11) is 1.50. The molecule has 7 heteroatoms. The van der Waals surface area contributed by atoms with Gasteiger partial charge >= 0.3 is 0 Å². The van der Waals surface area contributed by atoms with Crippen molar-refractivity contribution in [2.24, 2.45) is 0 Å². The zero-order valence-corrected chi connectivity index (χ0v) is 15.0. The maximum atomic E-state index is 12.6. The fourth-order valence-corrected chi connectivity index (χ4v) is 2.85. The van der Waals surface area contributed by atoms with Gasteiger partial charge in [0.25, 0.3) is 5.91 Å². The summed E-state index contributed by atoms with van der Waals surface area (Å²) in [6, 6.07) is 13.8. The van der Waals surface area contributed by atoms with Crippen LogP contribution in [0.2, 0.25) is 5.02 Å². The summed E-state index contributed by atoms with van der Waals surface area (Å²) >= 11 is 6.00. The number of rotatable bonds is 4. The van der Waals surface area contributed by atoms with Crippen LogP contribution in [-0.4, -0.2) is 23.0 Å². The molecule has 2 aromatic carbocycles. The molecule has 2 aromatic heterocycles. The first-order valence-corrected chi connectivity index (χ1v) is 8.48. The Hall–Kier alpha value is -3.38. The Balaban J connectivity index is 1.63. The highest BCUT2D eigenvalue weighted by Crippen LogP contribution is 2.27. The van der Waals surface area contributed by atoms with Crippen LogP contribution >= 0.6 is 11.6 Å². The lowest BCUT2D eigenvalue weighted by atomic mass is 10.1. The number of ether oxygens (including phenoxy) is 1. The normalized spacial score (nSPS) is 10.7. The van der Waals surface area contributed by atoms with E-state index in [1.165, 1.54) is 7.11 Å². The zero-order valence-electron chi connectivity index (χ0n) is 14.3. The first kappa shape index (κ1) is 17.1. The Morgan fingerprint density at radius 2 is 1.93 bits per heavy atom. The average Bonchev–Trinajstić information content (AvgIpc) is 3.12. The molecule has 6 nitrogen and oxygen atoms in total. The number of hydrogen-bond acceptors (Lipinski definition) is 5. The third-order valence-electron chi connectivity index (χ3n) is 3.98. The molecule has 0 unspecified atom stereocenters. The number of halogens is 1. The molecule has 134 valence electrons. The van der Waals surface area contributed by atoms with Crippen LogP contribution in [0.15, 0.2) is 65.3 Å². The lowest BCUT2D eigenvalue weighted by Crippen LogP contribution is -2.13. The highest BCUT2D eigenvalue weighted by atomic mass is 35.5. The summed E-state index contributed by atoms with van der Waals surface area (Å²) in [6.45, 7) is 0. The van der Waals surface area contributed by atoms with Crippen LogP contribution in [0.25, 0.3) is 22.6 Å². The van der Waals surface area contributed by atoms with Crippen molar-refractivity contribution in [1.29, 1.82) is 0 Å². The average molecular weight is 380 g/mol. The van der Waals surface area contributed by atoms with E-state index in [-0.39, 0.29) is 5.91 Å². The van der Waals surface area contributed by atoms with Crippen molar-refractivity contribution in [2.75, 3.05) is 12.4 Å². The molecule has 0 saturated heterocycles. The molecule has 1 amide bonds. The number of pyridine rings is 1. The molecule has 0 saturated carbocycles. The molecule has 0 spiro atoms. The van der Waals surface area contributed by atoms with Gasteiger partial charge in [0, 0.05) is 28.7 Å². The maximum Gasteiger partial charge on any atom is 0.259 e. The summed E-state index contributed by atoms with van der Waals surface area (Å²) in [6.07, 6.45) is 3.35. The second-order valence-corrected chi connectivity index (χ2v) is 6.17. The number of anilines is 1. The third kappa shape index (κ3) is 3.47. The van der Waals surface area contributed by atoms with E-state index in [9.17, 15) is 4.79 Å². The summed E-state index contributed by atoms with van der Waals surface area (Å²) in [5.74, 6) is 0.610. The monoisotopic (exact) mass is 379 g/mol. The summed E-state index contributed by atoms with van der Waals surface area (Å²) < 4.78 is 11.0. The van der Waals surface area contributed by atoms with Gasteiger partial charge in [0.2, 0.25) is 5.89 Å². The SMILES string of the molecule is COc1ccc(Cl)cc1C(=O)Nc1ccc2oc(-c3ccncc3)nc2c1. The fourth-order valence-electron chi connectivity index (χ4n) is 2.68. The number of amides is 1. The zero-order chi connectivity index (χ0) is 18.8. The highest BCUT2D eigenvalue weighted by molar-refractivity contribution is 6.31. The number of benzene rings is 2. The number of nitrogens with one attached hydrogen (secondary N) is 1. The van der Waals surface area contributed by atoms with Gasteiger partial charge in [-0.05, 0) is 48.5 Å². The number of fused-ring (bicyclic) bond motifs is 1. The van der Waals surface area contributed by atoms with Gasteiger partial charge in [-0.1, -0.05) is 11.6 Å². The van der Waals surface area contributed by atoms with Gasteiger partial charge in [-0.3, -0.25) is 9.78 Å². The molecule has 0 aliphatic carbocycles. The molecule has 0 fully saturated rings. The maximum absolute atomic E-state index is 12.6. The van der Waals surface area contributed by atoms with Crippen molar-refractivity contribution in [1.82, 2.24) is 9.97 Å². The van der Waals surface area contributed by atoms with Crippen molar-refractivity contribution in [3.05, 3.63) is 71.5 Å². The number of methoxy groups -OCH3 is 1. The Morgan fingerprint density at radius 1 is 1.11 bits per heavy atom. The van der Waals surface area contributed by atoms with Crippen LogP contribution in [0.1, 0.15) is 10.4 Å². The minimum atomic E-state index is -0.327. The molecule has 0 atom stereocenters. The lowest BCUT2D eigenvalue weighted by molar-refractivity contribution is 0.102. The van der Waals surface area contributed by atoms with Crippen molar-refractivity contribution in [3.63, 3.8) is 0 Å². The Bertz CT molecular complexity index is 1130. The van der Waals surface area contributed by atoms with E-state index in [1.807, 2.05) is 12.1 Å². The number of oxazole rings is 1. The minimum Gasteiger partial charge on any atom is -0.496 e. The quantitative estimate of drug-likeness (QED) is 0.551. The molecular weight excluding hydrogens is 366 g/mol. The predicted molar refractivity (Wildman–Crippen MR) is 103 cm³/mol. The molecule has 27 heavy (non-hydrogen) atoms. The molecule has 0 bridgehead atoms. The van der Waals surface area contributed by atoms with Gasteiger partial charge in [-0.2, -0.15) is 0 Å². The number of carbonyl (C=O) groups excluding carboxylic acids is 1. The minimum absolute atomic E-state index is 0.327. The van der Waals surface area contributed by atoms with Crippen LogP contribution < -0.4 is 10.1 Å². The lowest BCUT2D eigenvalue weighted by Gasteiger charge is -2.09. The fraction of sp³-hybridized carbons (Fsp3) is 0.0500. The topological polar surface area (TPSA) is 77.2 Å².